The molecule has 1 aromatic rings. The predicted octanol–water partition coefficient (Wildman–Crippen LogP) is 1.03. The summed E-state index contributed by atoms with van der Waals surface area (Å²) in [7, 11) is 1.69. The molecule has 2 amide bonds. The fourth-order valence-corrected chi connectivity index (χ4v) is 3.95. The van der Waals surface area contributed by atoms with Crippen molar-refractivity contribution in [1.29, 1.82) is 0 Å². The number of pyridine rings is 1. The van der Waals surface area contributed by atoms with Crippen LogP contribution < -0.4 is 10.6 Å². The summed E-state index contributed by atoms with van der Waals surface area (Å²) >= 11 is 0. The molecular formula is C18H26N4O3. The molecule has 0 saturated carbocycles. The third-order valence-corrected chi connectivity index (χ3v) is 5.25. The van der Waals surface area contributed by atoms with E-state index < -0.39 is 5.91 Å². The number of methoxy groups -OCH3 is 1. The Morgan fingerprint density at radius 3 is 2.92 bits per heavy atom. The minimum Gasteiger partial charge on any atom is -0.385 e. The molecule has 0 radical (unpaired) electrons. The molecule has 2 N–H and O–H groups in total. The lowest BCUT2D eigenvalue weighted by Gasteiger charge is -2.47. The van der Waals surface area contributed by atoms with E-state index in [9.17, 15) is 9.59 Å². The molecule has 3 heterocycles. The van der Waals surface area contributed by atoms with E-state index in [1.165, 1.54) is 6.20 Å². The van der Waals surface area contributed by atoms with Crippen molar-refractivity contribution in [2.45, 2.75) is 31.7 Å². The first-order valence-corrected chi connectivity index (χ1v) is 8.89. The van der Waals surface area contributed by atoms with Crippen LogP contribution in [0.1, 0.15) is 36.0 Å². The molecule has 25 heavy (non-hydrogen) atoms. The van der Waals surface area contributed by atoms with Gasteiger partial charge < -0.3 is 20.3 Å². The first kappa shape index (κ1) is 17.7. The second kappa shape index (κ2) is 7.82. The monoisotopic (exact) mass is 346 g/mol. The van der Waals surface area contributed by atoms with Gasteiger partial charge in [0.05, 0.1) is 5.56 Å². The average Bonchev–Trinajstić information content (AvgIpc) is 2.63. The zero-order valence-corrected chi connectivity index (χ0v) is 14.7. The van der Waals surface area contributed by atoms with Crippen molar-refractivity contribution < 1.29 is 14.3 Å². The van der Waals surface area contributed by atoms with Crippen molar-refractivity contribution in [2.75, 3.05) is 38.3 Å². The molecule has 1 aromatic heterocycles. The number of carbonyl (C=O) groups is 2. The summed E-state index contributed by atoms with van der Waals surface area (Å²) in [6, 6.07) is 3.89. The lowest BCUT2D eigenvalue weighted by Crippen LogP contribution is -2.56. The van der Waals surface area contributed by atoms with Crippen LogP contribution in [0.4, 0.5) is 5.82 Å². The van der Waals surface area contributed by atoms with Gasteiger partial charge in [-0.1, -0.05) is 0 Å². The van der Waals surface area contributed by atoms with E-state index in [1.807, 2.05) is 6.07 Å². The number of nitrogens with two attached hydrogens (primary N) is 1. The van der Waals surface area contributed by atoms with Crippen molar-refractivity contribution in [3.05, 3.63) is 23.9 Å². The summed E-state index contributed by atoms with van der Waals surface area (Å²) in [4.78, 5) is 32.2. The van der Waals surface area contributed by atoms with E-state index in [1.54, 1.807) is 13.2 Å². The number of aromatic nitrogens is 1. The van der Waals surface area contributed by atoms with Gasteiger partial charge in [0.15, 0.2) is 0 Å². The molecule has 0 bridgehead atoms. The van der Waals surface area contributed by atoms with E-state index in [0.717, 1.165) is 44.7 Å². The smallest absolute Gasteiger partial charge is 0.250 e. The summed E-state index contributed by atoms with van der Waals surface area (Å²) in [5.41, 5.74) is 5.69. The third-order valence-electron chi connectivity index (χ3n) is 5.25. The van der Waals surface area contributed by atoms with Gasteiger partial charge in [-0.05, 0) is 37.3 Å². The lowest BCUT2D eigenvalue weighted by molar-refractivity contribution is -0.139. The number of amides is 2. The highest BCUT2D eigenvalue weighted by Crippen LogP contribution is 2.32. The van der Waals surface area contributed by atoms with E-state index in [0.29, 0.717) is 30.6 Å². The van der Waals surface area contributed by atoms with Gasteiger partial charge in [0, 0.05) is 52.0 Å². The van der Waals surface area contributed by atoms with Gasteiger partial charge in [0.1, 0.15) is 5.82 Å². The molecule has 3 rings (SSSR count). The van der Waals surface area contributed by atoms with Gasteiger partial charge in [-0.3, -0.25) is 9.59 Å². The average molecular weight is 346 g/mol. The van der Waals surface area contributed by atoms with Crippen LogP contribution in [0.25, 0.3) is 0 Å². The predicted molar refractivity (Wildman–Crippen MR) is 94.3 cm³/mol. The van der Waals surface area contributed by atoms with Crippen molar-refractivity contribution in [2.24, 2.45) is 11.7 Å². The van der Waals surface area contributed by atoms with Gasteiger partial charge in [0.25, 0.3) is 0 Å². The second-order valence-electron chi connectivity index (χ2n) is 6.80. The highest BCUT2D eigenvalue weighted by atomic mass is 16.5. The van der Waals surface area contributed by atoms with Gasteiger partial charge >= 0.3 is 0 Å². The summed E-state index contributed by atoms with van der Waals surface area (Å²) < 4.78 is 5.12. The maximum Gasteiger partial charge on any atom is 0.250 e. The van der Waals surface area contributed by atoms with Gasteiger partial charge in [0.2, 0.25) is 11.8 Å². The van der Waals surface area contributed by atoms with Crippen LogP contribution in [0.2, 0.25) is 0 Å². The van der Waals surface area contributed by atoms with Crippen LogP contribution in [0.15, 0.2) is 18.3 Å². The number of fused-ring (bicyclic) bond motifs is 1. The Hall–Kier alpha value is -2.15. The number of ether oxygens (including phenoxy) is 1. The number of likely N-dealkylation sites (tertiary alicyclic amines) is 1. The standard InChI is InChI=1S/C18H26N4O3/c1-25-10-2-8-22-15-7-9-21(12-14(15)4-6-17(22)23)16-5-3-13(11-20-16)18(19)24/h3,5,11,14-15H,2,4,6-10,12H2,1H3,(H2,19,24)/t14-,15+/m0/s1. The summed E-state index contributed by atoms with van der Waals surface area (Å²) in [6.45, 7) is 3.21. The normalized spacial score (nSPS) is 23.5. The topological polar surface area (TPSA) is 88.8 Å². The molecular weight excluding hydrogens is 320 g/mol. The number of hydrogen-bond donors (Lipinski definition) is 1. The molecule has 0 aromatic carbocycles. The molecule has 7 heteroatoms. The number of hydrogen-bond acceptors (Lipinski definition) is 5. The minimum atomic E-state index is -0.463. The molecule has 0 unspecified atom stereocenters. The Morgan fingerprint density at radius 2 is 2.24 bits per heavy atom. The summed E-state index contributed by atoms with van der Waals surface area (Å²) in [5.74, 6) is 1.14. The number of anilines is 1. The zero-order chi connectivity index (χ0) is 17.8. The number of nitrogens with zero attached hydrogens (tertiary/aromatic N) is 3. The largest absolute Gasteiger partial charge is 0.385 e. The van der Waals surface area contributed by atoms with Gasteiger partial charge in [-0.15, -0.1) is 0 Å². The number of primary amides is 1. The molecule has 2 aliphatic rings. The van der Waals surface area contributed by atoms with Crippen molar-refractivity contribution in [1.82, 2.24) is 9.88 Å². The molecule has 2 aliphatic heterocycles. The van der Waals surface area contributed by atoms with Crippen LogP contribution in [0, 0.1) is 5.92 Å². The Morgan fingerprint density at radius 1 is 1.40 bits per heavy atom. The number of rotatable bonds is 6. The van der Waals surface area contributed by atoms with Gasteiger partial charge in [-0.25, -0.2) is 4.98 Å². The zero-order valence-electron chi connectivity index (χ0n) is 14.7. The molecule has 7 nitrogen and oxygen atoms in total. The highest BCUT2D eigenvalue weighted by Gasteiger charge is 2.39. The van der Waals surface area contributed by atoms with Crippen LogP contribution in [0.3, 0.4) is 0 Å². The van der Waals surface area contributed by atoms with E-state index in [4.69, 9.17) is 10.5 Å². The van der Waals surface area contributed by atoms with Crippen LogP contribution >= 0.6 is 0 Å². The van der Waals surface area contributed by atoms with Crippen molar-refractivity contribution in [3.8, 4) is 0 Å². The quantitative estimate of drug-likeness (QED) is 0.777. The maximum absolute atomic E-state index is 12.3. The number of piperidine rings is 2. The number of carbonyl (C=O) groups excluding carboxylic acids is 2. The summed E-state index contributed by atoms with van der Waals surface area (Å²) in [5, 5.41) is 0. The first-order valence-electron chi connectivity index (χ1n) is 8.89. The summed E-state index contributed by atoms with van der Waals surface area (Å²) in [6.07, 6.45) is 4.91. The van der Waals surface area contributed by atoms with Gasteiger partial charge in [-0.2, -0.15) is 0 Å². The molecule has 2 fully saturated rings. The molecule has 136 valence electrons. The third kappa shape index (κ3) is 3.92. The highest BCUT2D eigenvalue weighted by molar-refractivity contribution is 5.92. The fourth-order valence-electron chi connectivity index (χ4n) is 3.95. The first-order chi connectivity index (χ1) is 12.1. The molecule has 0 spiro atoms. The molecule has 2 saturated heterocycles. The van der Waals surface area contributed by atoms with E-state index >= 15 is 0 Å². The van der Waals surface area contributed by atoms with Crippen molar-refractivity contribution >= 4 is 17.6 Å². The Balaban J connectivity index is 1.65. The van der Waals surface area contributed by atoms with Crippen LogP contribution in [-0.2, 0) is 9.53 Å². The van der Waals surface area contributed by atoms with Crippen molar-refractivity contribution in [3.63, 3.8) is 0 Å². The molecule has 0 aliphatic carbocycles. The Kier molecular flexibility index (Phi) is 5.53. The van der Waals surface area contributed by atoms with E-state index in [2.05, 4.69) is 14.8 Å². The molecule has 2 atom stereocenters. The van der Waals surface area contributed by atoms with E-state index in [-0.39, 0.29) is 5.91 Å². The second-order valence-corrected chi connectivity index (χ2v) is 6.80. The Bertz CT molecular complexity index is 619. The SMILES string of the molecule is COCCCN1C(=O)CC[C@H]2CN(c3ccc(C(N)=O)cn3)CC[C@H]21. The fraction of sp³-hybridized carbons (Fsp3) is 0.611. The lowest BCUT2D eigenvalue weighted by atomic mass is 9.83. The maximum atomic E-state index is 12.3. The van der Waals surface area contributed by atoms with Crippen LogP contribution in [-0.4, -0.2) is 61.1 Å². The van der Waals surface area contributed by atoms with Crippen LogP contribution in [0.5, 0.6) is 0 Å². The minimum absolute atomic E-state index is 0.273. The Labute approximate surface area is 148 Å².